The zero-order valence-corrected chi connectivity index (χ0v) is 34.5. The van der Waals surface area contributed by atoms with E-state index in [1.807, 2.05) is 88.4 Å². The van der Waals surface area contributed by atoms with Gasteiger partial charge in [0.05, 0.1) is 52.0 Å². The fourth-order valence-electron chi connectivity index (χ4n) is 7.03. The Morgan fingerprint density at radius 2 is 0.712 bits per heavy atom. The number of nitrogens with zero attached hydrogens (tertiary/aromatic N) is 2. The van der Waals surface area contributed by atoms with Crippen LogP contribution in [0, 0.1) is 0 Å². The highest BCUT2D eigenvalue weighted by atomic mass is 16.5. The van der Waals surface area contributed by atoms with Crippen molar-refractivity contribution in [2.24, 2.45) is 0 Å². The summed E-state index contributed by atoms with van der Waals surface area (Å²) in [7, 11) is 3.35. The molecule has 1 aromatic heterocycles. The maximum atomic E-state index is 6.16. The van der Waals surface area contributed by atoms with Gasteiger partial charge in [0.1, 0.15) is 34.5 Å². The summed E-state index contributed by atoms with van der Waals surface area (Å²) in [6.07, 6.45) is 0. The Balaban J connectivity index is 1.26. The first-order valence-corrected chi connectivity index (χ1v) is 20.1. The molecule has 0 atom stereocenters. The smallest absolute Gasteiger partial charge is 0.132 e. The zero-order chi connectivity index (χ0) is 41.1. The van der Waals surface area contributed by atoms with Crippen LogP contribution >= 0.6 is 0 Å². The van der Waals surface area contributed by atoms with Crippen molar-refractivity contribution in [1.29, 1.82) is 0 Å². The van der Waals surface area contributed by atoms with E-state index in [0.29, 0.717) is 37.9 Å². The minimum Gasteiger partial charge on any atom is -0.497 e. The van der Waals surface area contributed by atoms with Gasteiger partial charge in [0.2, 0.25) is 0 Å². The molecule has 0 N–H and O–H groups in total. The van der Waals surface area contributed by atoms with Crippen LogP contribution in [0.15, 0.2) is 146 Å². The number of ether oxygens (including phenoxy) is 6. The van der Waals surface area contributed by atoms with E-state index in [-0.39, 0.29) is 0 Å². The number of hydrogen-bond donors (Lipinski definition) is 0. The molecule has 0 amide bonds. The zero-order valence-electron chi connectivity index (χ0n) is 34.5. The minimum atomic E-state index is 0.506. The second-order valence-electron chi connectivity index (χ2n) is 13.5. The second kappa shape index (κ2) is 19.0. The van der Waals surface area contributed by atoms with Gasteiger partial charge < -0.3 is 33.3 Å². The van der Waals surface area contributed by atoms with E-state index in [0.717, 1.165) is 84.8 Å². The normalized spacial score (nSPS) is 10.8. The highest BCUT2D eigenvalue weighted by Gasteiger charge is 2.18. The Morgan fingerprint density at radius 1 is 0.373 bits per heavy atom. The Hall–Kier alpha value is -6.93. The second-order valence-corrected chi connectivity index (χ2v) is 13.5. The van der Waals surface area contributed by atoms with E-state index < -0.39 is 0 Å². The molecule has 8 heteroatoms. The maximum absolute atomic E-state index is 6.16. The van der Waals surface area contributed by atoms with E-state index in [4.69, 9.17) is 33.4 Å². The fraction of sp³-hybridized carbons (Fsp3) is 0.196. The Labute approximate surface area is 347 Å². The lowest BCUT2D eigenvalue weighted by atomic mass is 9.97. The number of methoxy groups -OCH3 is 2. The summed E-state index contributed by atoms with van der Waals surface area (Å²) in [5, 5.41) is 0. The molecule has 0 saturated carbocycles. The van der Waals surface area contributed by atoms with Gasteiger partial charge in [-0.05, 0) is 147 Å². The van der Waals surface area contributed by atoms with Crippen LogP contribution in [0.1, 0.15) is 27.7 Å². The standard InChI is InChI=1S/C51H50N2O6/c1-7-56-44-27-29-46(50(33-44)58-9-3)48-31-38(32-49(52-48)47-30-28-45(57-8-2)34-51(47)59-10-4)37-13-11-35(12-14-37)36-15-17-39(18-16-36)53(40-19-23-42(54-5)24-20-40)41-21-25-43(55-6)26-22-41/h11-34H,7-10H2,1-6H3. The molecule has 0 aliphatic rings. The quantitative estimate of drug-likeness (QED) is 0.0904. The van der Waals surface area contributed by atoms with Crippen LogP contribution in [0.5, 0.6) is 34.5 Å². The van der Waals surface area contributed by atoms with Crippen LogP contribution in [-0.4, -0.2) is 45.6 Å². The SMILES string of the molecule is CCOc1ccc(-c2cc(-c3ccc(-c4ccc(N(c5ccc(OC)cc5)c5ccc(OC)cc5)cc4)cc3)cc(-c3ccc(OCC)cc3OCC)n2)c(OCC)c1. The van der Waals surface area contributed by atoms with Crippen molar-refractivity contribution in [2.45, 2.75) is 27.7 Å². The summed E-state index contributed by atoms with van der Waals surface area (Å²) in [6, 6.07) is 49.5. The molecular formula is C51H50N2O6. The molecule has 6 aromatic carbocycles. The predicted octanol–water partition coefficient (Wildman–Crippen LogP) is 12.8. The molecule has 0 saturated heterocycles. The van der Waals surface area contributed by atoms with Gasteiger partial charge in [0.15, 0.2) is 0 Å². The van der Waals surface area contributed by atoms with Gasteiger partial charge in [0, 0.05) is 40.3 Å². The fourth-order valence-corrected chi connectivity index (χ4v) is 7.03. The molecule has 59 heavy (non-hydrogen) atoms. The number of rotatable bonds is 17. The van der Waals surface area contributed by atoms with Gasteiger partial charge in [-0.3, -0.25) is 0 Å². The lowest BCUT2D eigenvalue weighted by molar-refractivity contribution is 0.323. The van der Waals surface area contributed by atoms with E-state index in [9.17, 15) is 0 Å². The first-order valence-electron chi connectivity index (χ1n) is 20.1. The third-order valence-electron chi connectivity index (χ3n) is 9.84. The minimum absolute atomic E-state index is 0.506. The summed E-state index contributed by atoms with van der Waals surface area (Å²) in [4.78, 5) is 7.44. The number of pyridine rings is 1. The molecule has 0 spiro atoms. The van der Waals surface area contributed by atoms with Gasteiger partial charge in [-0.15, -0.1) is 0 Å². The van der Waals surface area contributed by atoms with E-state index in [2.05, 4.69) is 89.8 Å². The number of anilines is 3. The van der Waals surface area contributed by atoms with Crippen molar-refractivity contribution >= 4 is 17.1 Å². The van der Waals surface area contributed by atoms with Gasteiger partial charge in [0.25, 0.3) is 0 Å². The first-order chi connectivity index (χ1) is 28.9. The van der Waals surface area contributed by atoms with Gasteiger partial charge in [-0.1, -0.05) is 36.4 Å². The van der Waals surface area contributed by atoms with Crippen molar-refractivity contribution in [3.63, 3.8) is 0 Å². The van der Waals surface area contributed by atoms with Gasteiger partial charge in [-0.2, -0.15) is 0 Å². The summed E-state index contributed by atoms with van der Waals surface area (Å²) in [6.45, 7) is 10.0. The highest BCUT2D eigenvalue weighted by molar-refractivity contribution is 5.83. The molecule has 7 aromatic rings. The van der Waals surface area contributed by atoms with Gasteiger partial charge >= 0.3 is 0 Å². The molecule has 8 nitrogen and oxygen atoms in total. The molecule has 0 unspecified atom stereocenters. The van der Waals surface area contributed by atoms with Crippen molar-refractivity contribution in [3.05, 3.63) is 146 Å². The van der Waals surface area contributed by atoms with E-state index in [1.165, 1.54) is 0 Å². The molecule has 0 fully saturated rings. The highest BCUT2D eigenvalue weighted by Crippen LogP contribution is 2.41. The number of benzene rings is 6. The van der Waals surface area contributed by atoms with Crippen molar-refractivity contribution in [1.82, 2.24) is 4.98 Å². The lowest BCUT2D eigenvalue weighted by Gasteiger charge is -2.26. The lowest BCUT2D eigenvalue weighted by Crippen LogP contribution is -2.09. The summed E-state index contributed by atoms with van der Waals surface area (Å²) in [5.74, 6) is 4.53. The van der Waals surface area contributed by atoms with E-state index in [1.54, 1.807) is 14.2 Å². The molecule has 7 rings (SSSR count). The largest absolute Gasteiger partial charge is 0.497 e. The Bertz CT molecular complexity index is 2320. The third-order valence-corrected chi connectivity index (χ3v) is 9.84. The van der Waals surface area contributed by atoms with Crippen LogP contribution in [0.4, 0.5) is 17.1 Å². The van der Waals surface area contributed by atoms with E-state index >= 15 is 0 Å². The molecule has 0 aliphatic carbocycles. The molecule has 0 radical (unpaired) electrons. The van der Waals surface area contributed by atoms with Crippen LogP contribution in [0.2, 0.25) is 0 Å². The monoisotopic (exact) mass is 786 g/mol. The molecular weight excluding hydrogens is 737 g/mol. The van der Waals surface area contributed by atoms with Crippen LogP contribution in [-0.2, 0) is 0 Å². The average Bonchev–Trinajstić information content (AvgIpc) is 3.28. The van der Waals surface area contributed by atoms with Crippen LogP contribution in [0.25, 0.3) is 44.8 Å². The first kappa shape index (κ1) is 40.3. The Morgan fingerprint density at radius 3 is 1.08 bits per heavy atom. The van der Waals surface area contributed by atoms with Crippen molar-refractivity contribution in [3.8, 4) is 79.3 Å². The average molecular weight is 787 g/mol. The van der Waals surface area contributed by atoms with Gasteiger partial charge in [-0.25, -0.2) is 4.98 Å². The van der Waals surface area contributed by atoms with Crippen LogP contribution < -0.4 is 33.3 Å². The topological polar surface area (TPSA) is 71.5 Å². The molecule has 1 heterocycles. The Kier molecular flexibility index (Phi) is 13.0. The summed E-state index contributed by atoms with van der Waals surface area (Å²) in [5.41, 5.74) is 10.6. The maximum Gasteiger partial charge on any atom is 0.132 e. The predicted molar refractivity (Wildman–Crippen MR) is 238 cm³/mol. The van der Waals surface area contributed by atoms with Crippen LogP contribution in [0.3, 0.4) is 0 Å². The third kappa shape index (κ3) is 9.29. The summed E-state index contributed by atoms with van der Waals surface area (Å²) < 4.78 is 34.8. The molecule has 0 bridgehead atoms. The molecule has 0 aliphatic heterocycles. The van der Waals surface area contributed by atoms with Crippen molar-refractivity contribution in [2.75, 3.05) is 45.5 Å². The summed E-state index contributed by atoms with van der Waals surface area (Å²) >= 11 is 0. The number of aromatic nitrogens is 1. The molecule has 300 valence electrons. The van der Waals surface area contributed by atoms with Crippen molar-refractivity contribution < 1.29 is 28.4 Å². The number of hydrogen-bond acceptors (Lipinski definition) is 8.